The zero-order chi connectivity index (χ0) is 18.1. The zero-order valence-electron chi connectivity index (χ0n) is 13.8. The maximum Gasteiger partial charge on any atom is 0.281 e. The third-order valence-electron chi connectivity index (χ3n) is 4.04. The highest BCUT2D eigenvalue weighted by Gasteiger charge is 2.14. The van der Waals surface area contributed by atoms with Gasteiger partial charge in [-0.05, 0) is 23.8 Å². The summed E-state index contributed by atoms with van der Waals surface area (Å²) in [5.41, 5.74) is 1.66. The van der Waals surface area contributed by atoms with Crippen molar-refractivity contribution in [1.82, 2.24) is 24.8 Å². The van der Waals surface area contributed by atoms with Crippen molar-refractivity contribution >= 4 is 22.6 Å². The van der Waals surface area contributed by atoms with Crippen LogP contribution in [-0.4, -0.2) is 31.9 Å². The van der Waals surface area contributed by atoms with Gasteiger partial charge in [0, 0.05) is 0 Å². The van der Waals surface area contributed by atoms with Crippen molar-refractivity contribution in [2.24, 2.45) is 0 Å². The third kappa shape index (κ3) is 2.72. The Morgan fingerprint density at radius 1 is 1.12 bits per heavy atom. The van der Waals surface area contributed by atoms with Crippen LogP contribution in [0.5, 0.6) is 5.75 Å². The highest BCUT2D eigenvalue weighted by atomic mass is 35.5. The molecule has 0 spiro atoms. The smallest absolute Gasteiger partial charge is 0.281 e. The molecule has 0 aliphatic heterocycles. The summed E-state index contributed by atoms with van der Waals surface area (Å²) in [6.07, 6.45) is 1.50. The van der Waals surface area contributed by atoms with E-state index in [-0.39, 0.29) is 12.1 Å². The van der Waals surface area contributed by atoms with E-state index in [9.17, 15) is 4.79 Å². The molecule has 8 heteroatoms. The Balaban J connectivity index is 1.77. The molecule has 0 aliphatic rings. The summed E-state index contributed by atoms with van der Waals surface area (Å²) in [4.78, 5) is 12.8. The highest BCUT2D eigenvalue weighted by molar-refractivity contribution is 6.32. The van der Waals surface area contributed by atoms with Crippen molar-refractivity contribution in [3.63, 3.8) is 0 Å². The fourth-order valence-corrected chi connectivity index (χ4v) is 2.99. The van der Waals surface area contributed by atoms with Gasteiger partial charge in [0.2, 0.25) is 0 Å². The number of halogens is 1. The van der Waals surface area contributed by atoms with Crippen molar-refractivity contribution in [2.75, 3.05) is 7.11 Å². The Labute approximate surface area is 153 Å². The van der Waals surface area contributed by atoms with Gasteiger partial charge < -0.3 is 4.74 Å². The van der Waals surface area contributed by atoms with E-state index in [0.717, 1.165) is 11.3 Å². The monoisotopic (exact) mass is 367 g/mol. The van der Waals surface area contributed by atoms with Gasteiger partial charge in [-0.15, -0.1) is 5.10 Å². The van der Waals surface area contributed by atoms with Gasteiger partial charge in [0.25, 0.3) is 5.56 Å². The van der Waals surface area contributed by atoms with E-state index in [1.807, 2.05) is 42.5 Å². The zero-order valence-corrected chi connectivity index (χ0v) is 14.6. The van der Waals surface area contributed by atoms with E-state index >= 15 is 0 Å². The topological polar surface area (TPSA) is 74.8 Å². The van der Waals surface area contributed by atoms with E-state index in [4.69, 9.17) is 16.3 Å². The first-order valence-electron chi connectivity index (χ1n) is 7.87. The number of nitrogens with zero attached hydrogens (tertiary/aromatic N) is 5. The Morgan fingerprint density at radius 2 is 1.92 bits per heavy atom. The van der Waals surface area contributed by atoms with Crippen LogP contribution >= 0.6 is 11.6 Å². The highest BCUT2D eigenvalue weighted by Crippen LogP contribution is 2.28. The van der Waals surface area contributed by atoms with Gasteiger partial charge in [0.1, 0.15) is 11.1 Å². The van der Waals surface area contributed by atoms with Crippen LogP contribution in [0.3, 0.4) is 0 Å². The van der Waals surface area contributed by atoms with E-state index in [1.54, 1.807) is 17.9 Å². The molecule has 0 unspecified atom stereocenters. The molecule has 0 saturated heterocycles. The Morgan fingerprint density at radius 3 is 2.69 bits per heavy atom. The van der Waals surface area contributed by atoms with Crippen LogP contribution < -0.4 is 10.3 Å². The SMILES string of the molecule is COc1cccc(Cn2nnc3c(cnn3-c3ccccc3)c2=O)c1Cl. The molecule has 26 heavy (non-hydrogen) atoms. The number of hydrogen-bond donors (Lipinski definition) is 0. The Hall–Kier alpha value is -3.19. The largest absolute Gasteiger partial charge is 0.495 e. The van der Waals surface area contributed by atoms with Crippen LogP contribution in [0, 0.1) is 0 Å². The molecular weight excluding hydrogens is 354 g/mol. The molecule has 2 heterocycles. The van der Waals surface area contributed by atoms with Crippen LogP contribution in [-0.2, 0) is 6.54 Å². The minimum absolute atomic E-state index is 0.189. The van der Waals surface area contributed by atoms with E-state index in [1.165, 1.54) is 10.9 Å². The number of methoxy groups -OCH3 is 1. The molecule has 0 bridgehead atoms. The first kappa shape index (κ1) is 16.3. The molecule has 130 valence electrons. The number of rotatable bonds is 4. The molecule has 0 aliphatic carbocycles. The van der Waals surface area contributed by atoms with E-state index < -0.39 is 0 Å². The van der Waals surface area contributed by atoms with Crippen molar-refractivity contribution in [2.45, 2.75) is 6.54 Å². The summed E-state index contributed by atoms with van der Waals surface area (Å²) >= 11 is 6.31. The van der Waals surface area contributed by atoms with Gasteiger partial charge in [0.15, 0.2) is 5.65 Å². The Kier molecular flexibility index (Phi) is 4.14. The van der Waals surface area contributed by atoms with E-state index in [2.05, 4.69) is 15.4 Å². The lowest BCUT2D eigenvalue weighted by Gasteiger charge is -2.09. The second-order valence-corrected chi connectivity index (χ2v) is 5.99. The molecular formula is C18H14ClN5O2. The summed E-state index contributed by atoms with van der Waals surface area (Å²) in [6.45, 7) is 0.189. The predicted octanol–water partition coefficient (Wildman–Crippen LogP) is 2.69. The lowest BCUT2D eigenvalue weighted by Crippen LogP contribution is -2.25. The predicted molar refractivity (Wildman–Crippen MR) is 98.0 cm³/mol. The minimum Gasteiger partial charge on any atom is -0.495 e. The second-order valence-electron chi connectivity index (χ2n) is 5.61. The number of fused-ring (bicyclic) bond motifs is 1. The van der Waals surface area contributed by atoms with Gasteiger partial charge in [0.05, 0.1) is 30.6 Å². The van der Waals surface area contributed by atoms with Crippen LogP contribution in [0.2, 0.25) is 5.02 Å². The first-order valence-corrected chi connectivity index (χ1v) is 8.25. The lowest BCUT2D eigenvalue weighted by atomic mass is 10.2. The molecule has 0 N–H and O–H groups in total. The third-order valence-corrected chi connectivity index (χ3v) is 4.47. The minimum atomic E-state index is -0.281. The summed E-state index contributed by atoms with van der Waals surface area (Å²) in [5, 5.41) is 13.4. The molecule has 4 rings (SSSR count). The molecule has 2 aromatic heterocycles. The summed E-state index contributed by atoms with van der Waals surface area (Å²) < 4.78 is 8.06. The molecule has 2 aromatic carbocycles. The summed E-state index contributed by atoms with van der Waals surface area (Å²) in [5.74, 6) is 0.545. The number of para-hydroxylation sites is 1. The maximum absolute atomic E-state index is 12.8. The van der Waals surface area contributed by atoms with Crippen LogP contribution in [0.25, 0.3) is 16.7 Å². The second kappa shape index (κ2) is 6.61. The molecule has 7 nitrogen and oxygen atoms in total. The van der Waals surface area contributed by atoms with Crippen molar-refractivity contribution in [3.8, 4) is 11.4 Å². The van der Waals surface area contributed by atoms with Gasteiger partial charge in [-0.25, -0.2) is 9.36 Å². The van der Waals surface area contributed by atoms with Crippen LogP contribution in [0.1, 0.15) is 5.56 Å². The standard InChI is InChI=1S/C18H14ClN5O2/c1-26-15-9-5-6-12(16(15)19)11-23-18(25)14-10-20-24(17(14)21-22-23)13-7-3-2-4-8-13/h2-10H,11H2,1H3. The quantitative estimate of drug-likeness (QED) is 0.554. The summed E-state index contributed by atoms with van der Waals surface area (Å²) in [7, 11) is 1.54. The molecule has 0 radical (unpaired) electrons. The number of ether oxygens (including phenoxy) is 1. The van der Waals surface area contributed by atoms with E-state index in [0.29, 0.717) is 21.8 Å². The summed E-state index contributed by atoms with van der Waals surface area (Å²) in [6, 6.07) is 14.8. The Bertz CT molecular complexity index is 1140. The number of benzene rings is 2. The van der Waals surface area contributed by atoms with Gasteiger partial charge >= 0.3 is 0 Å². The van der Waals surface area contributed by atoms with Crippen molar-refractivity contribution < 1.29 is 4.74 Å². The van der Waals surface area contributed by atoms with Gasteiger partial charge in [-0.2, -0.15) is 5.10 Å². The van der Waals surface area contributed by atoms with Crippen molar-refractivity contribution in [3.05, 3.63) is 75.7 Å². The average Bonchev–Trinajstić information content (AvgIpc) is 3.11. The number of hydrogen-bond acceptors (Lipinski definition) is 5. The van der Waals surface area contributed by atoms with Crippen LogP contribution in [0.15, 0.2) is 59.5 Å². The average molecular weight is 368 g/mol. The molecule has 4 aromatic rings. The molecule has 0 atom stereocenters. The first-order chi connectivity index (χ1) is 12.7. The molecule has 0 fully saturated rings. The maximum atomic E-state index is 12.8. The normalized spacial score (nSPS) is 11.0. The van der Waals surface area contributed by atoms with Crippen LogP contribution in [0.4, 0.5) is 0 Å². The molecule has 0 saturated carbocycles. The number of aromatic nitrogens is 5. The fraction of sp³-hybridized carbons (Fsp3) is 0.111. The molecule has 0 amide bonds. The van der Waals surface area contributed by atoms with Gasteiger partial charge in [-0.1, -0.05) is 47.1 Å². The van der Waals surface area contributed by atoms with Gasteiger partial charge in [-0.3, -0.25) is 4.79 Å². The lowest BCUT2D eigenvalue weighted by molar-refractivity contribution is 0.414. The van der Waals surface area contributed by atoms with Crippen molar-refractivity contribution in [1.29, 1.82) is 0 Å². The fourth-order valence-electron chi connectivity index (χ4n) is 2.72.